The zero-order valence-corrected chi connectivity index (χ0v) is 19.8. The molecule has 0 saturated heterocycles. The second-order valence-electron chi connectivity index (χ2n) is 8.69. The van der Waals surface area contributed by atoms with E-state index in [1.165, 1.54) is 6.07 Å². The van der Waals surface area contributed by atoms with Gasteiger partial charge in [0, 0.05) is 23.8 Å². The number of halogens is 5. The van der Waals surface area contributed by atoms with Gasteiger partial charge in [-0.3, -0.25) is 4.40 Å². The molecule has 3 aromatic heterocycles. The Morgan fingerprint density at radius 3 is 2.57 bits per heavy atom. The summed E-state index contributed by atoms with van der Waals surface area (Å²) in [5, 5.41) is 9.05. The highest BCUT2D eigenvalue weighted by Crippen LogP contribution is 2.41. The van der Waals surface area contributed by atoms with Crippen LogP contribution in [0.4, 0.5) is 22.0 Å². The molecule has 4 heterocycles. The number of nitrogens with one attached hydrogen (secondary N) is 2. The van der Waals surface area contributed by atoms with Crippen molar-refractivity contribution in [3.05, 3.63) is 34.6 Å². The van der Waals surface area contributed by atoms with Crippen molar-refractivity contribution in [3.63, 3.8) is 0 Å². The third kappa shape index (κ3) is 4.57. The number of imidazole rings is 1. The van der Waals surface area contributed by atoms with E-state index in [0.29, 0.717) is 49.3 Å². The van der Waals surface area contributed by atoms with E-state index in [1.807, 2.05) is 0 Å². The minimum absolute atomic E-state index is 0.0556. The van der Waals surface area contributed by atoms with E-state index in [0.717, 1.165) is 10.6 Å². The lowest BCUT2D eigenvalue weighted by molar-refractivity contribution is -0.139. The van der Waals surface area contributed by atoms with Crippen molar-refractivity contribution in [1.82, 2.24) is 29.6 Å². The number of hydrogen-bond acceptors (Lipinski definition) is 7. The molecule has 1 saturated carbocycles. The first-order valence-corrected chi connectivity index (χ1v) is 12.9. The number of rotatable bonds is 6. The zero-order valence-electron chi connectivity index (χ0n) is 18.2. The number of alkyl halides is 5. The van der Waals surface area contributed by atoms with Crippen molar-refractivity contribution in [1.29, 1.82) is 0 Å². The lowest BCUT2D eigenvalue weighted by atomic mass is 9.99. The second-order valence-corrected chi connectivity index (χ2v) is 11.4. The van der Waals surface area contributed by atoms with Crippen molar-refractivity contribution in [2.75, 3.05) is 13.1 Å². The van der Waals surface area contributed by atoms with Gasteiger partial charge in [0.05, 0.1) is 10.4 Å². The topological polar surface area (TPSA) is 101 Å². The van der Waals surface area contributed by atoms with Crippen LogP contribution < -0.4 is 10.0 Å². The van der Waals surface area contributed by atoms with E-state index >= 15 is 0 Å². The third-order valence-electron chi connectivity index (χ3n) is 5.90. The quantitative estimate of drug-likeness (QED) is 0.464. The highest BCUT2D eigenvalue weighted by molar-refractivity contribution is 7.89. The Kier molecular flexibility index (Phi) is 5.73. The van der Waals surface area contributed by atoms with Crippen LogP contribution in [-0.2, 0) is 16.2 Å². The van der Waals surface area contributed by atoms with Gasteiger partial charge in [-0.2, -0.15) is 13.2 Å². The molecule has 188 valence electrons. The van der Waals surface area contributed by atoms with Crippen molar-refractivity contribution < 1.29 is 30.4 Å². The van der Waals surface area contributed by atoms with Crippen LogP contribution in [-0.4, -0.2) is 46.6 Å². The molecule has 8 nitrogen and oxygen atoms in total. The second kappa shape index (κ2) is 8.28. The first-order valence-electron chi connectivity index (χ1n) is 10.6. The summed E-state index contributed by atoms with van der Waals surface area (Å²) >= 11 is 0.395. The summed E-state index contributed by atoms with van der Waals surface area (Å²) in [6.45, 7) is 2.61. The van der Waals surface area contributed by atoms with Crippen LogP contribution in [0.15, 0.2) is 23.2 Å². The Labute approximate surface area is 200 Å². The average Bonchev–Trinajstić information content (AvgIpc) is 3.17. The standard InChI is InChI=1S/C20H19F5N6O2S2/c1-19(4-5-19)30-35(32,33)11-8-12(10-2-6-26-7-3-10)13-14(20(23,24)25)27-16(31(13)9-11)18-29-28-17(34-18)15(21)22/h2,8-9,15,26,30H,3-7H2,1H3. The van der Waals surface area contributed by atoms with E-state index in [4.69, 9.17) is 0 Å². The fraction of sp³-hybridized carbons (Fsp3) is 0.450. The van der Waals surface area contributed by atoms with E-state index in [-0.39, 0.29) is 21.0 Å². The summed E-state index contributed by atoms with van der Waals surface area (Å²) in [6.07, 6.45) is -3.53. The summed E-state index contributed by atoms with van der Waals surface area (Å²) in [7, 11) is -4.12. The molecule has 1 aliphatic heterocycles. The number of nitrogens with zero attached hydrogens (tertiary/aromatic N) is 4. The minimum atomic E-state index is -4.90. The molecule has 0 aromatic carbocycles. The molecule has 2 aliphatic rings. The Morgan fingerprint density at radius 1 is 1.26 bits per heavy atom. The molecule has 2 N–H and O–H groups in total. The maximum absolute atomic E-state index is 14.1. The fourth-order valence-corrected chi connectivity index (χ4v) is 6.06. The van der Waals surface area contributed by atoms with Crippen LogP contribution >= 0.6 is 11.3 Å². The average molecular weight is 535 g/mol. The van der Waals surface area contributed by atoms with Gasteiger partial charge in [-0.25, -0.2) is 26.9 Å². The van der Waals surface area contributed by atoms with E-state index in [1.54, 1.807) is 13.0 Å². The monoisotopic (exact) mass is 534 g/mol. The maximum Gasteiger partial charge on any atom is 0.435 e. The van der Waals surface area contributed by atoms with Crippen molar-refractivity contribution >= 4 is 32.4 Å². The number of sulfonamides is 1. The first-order chi connectivity index (χ1) is 16.4. The van der Waals surface area contributed by atoms with Crippen LogP contribution in [0.2, 0.25) is 0 Å². The van der Waals surface area contributed by atoms with Crippen LogP contribution in [0.3, 0.4) is 0 Å². The van der Waals surface area contributed by atoms with Crippen LogP contribution in [0.25, 0.3) is 21.9 Å². The largest absolute Gasteiger partial charge is 0.435 e. The normalized spacial score (nSPS) is 18.3. The molecule has 3 aromatic rings. The van der Waals surface area contributed by atoms with Crippen molar-refractivity contribution in [3.8, 4) is 10.8 Å². The first kappa shape index (κ1) is 24.2. The molecule has 0 bridgehead atoms. The Morgan fingerprint density at radius 2 is 2.00 bits per heavy atom. The minimum Gasteiger partial charge on any atom is -0.313 e. The number of pyridine rings is 1. The summed E-state index contributed by atoms with van der Waals surface area (Å²) in [4.78, 5) is 3.45. The van der Waals surface area contributed by atoms with Gasteiger partial charge >= 0.3 is 6.18 Å². The van der Waals surface area contributed by atoms with Gasteiger partial charge in [0.15, 0.2) is 21.5 Å². The molecule has 0 amide bonds. The molecular formula is C20H19F5N6O2S2. The molecule has 0 radical (unpaired) electrons. The van der Waals surface area contributed by atoms with Gasteiger partial charge in [-0.1, -0.05) is 17.4 Å². The summed E-state index contributed by atoms with van der Waals surface area (Å²) in [6, 6.07) is 1.21. The summed E-state index contributed by atoms with van der Waals surface area (Å²) < 4.78 is 98.4. The lowest BCUT2D eigenvalue weighted by Gasteiger charge is -2.19. The van der Waals surface area contributed by atoms with Crippen molar-refractivity contribution in [2.24, 2.45) is 0 Å². The predicted molar refractivity (Wildman–Crippen MR) is 117 cm³/mol. The van der Waals surface area contributed by atoms with Crippen LogP contribution in [0, 0.1) is 0 Å². The molecule has 1 fully saturated rings. The molecule has 0 unspecified atom stereocenters. The van der Waals surface area contributed by atoms with Gasteiger partial charge in [0.2, 0.25) is 10.0 Å². The molecule has 5 rings (SSSR count). The molecule has 15 heteroatoms. The summed E-state index contributed by atoms with van der Waals surface area (Å²) in [5.41, 5.74) is -1.68. The van der Waals surface area contributed by atoms with Crippen molar-refractivity contribution in [2.45, 2.75) is 49.2 Å². The third-order valence-corrected chi connectivity index (χ3v) is 8.43. The number of hydrogen-bond donors (Lipinski definition) is 2. The SMILES string of the molecule is CC1(NS(=O)(=O)c2cc(C3=CCNCC3)c3c(C(F)(F)F)nc(-c4nnc(C(F)F)s4)n3c2)CC1. The highest BCUT2D eigenvalue weighted by Gasteiger charge is 2.43. The number of fused-ring (bicyclic) bond motifs is 1. The van der Waals surface area contributed by atoms with Crippen LogP contribution in [0.1, 0.15) is 48.9 Å². The van der Waals surface area contributed by atoms with E-state index in [9.17, 15) is 30.4 Å². The van der Waals surface area contributed by atoms with Crippen LogP contribution in [0.5, 0.6) is 0 Å². The molecule has 1 aliphatic carbocycles. The maximum atomic E-state index is 14.1. The summed E-state index contributed by atoms with van der Waals surface area (Å²) in [5.74, 6) is -0.415. The van der Waals surface area contributed by atoms with E-state index < -0.39 is 44.7 Å². The molecule has 0 spiro atoms. The zero-order chi connectivity index (χ0) is 25.2. The highest BCUT2D eigenvalue weighted by atomic mass is 32.2. The Hall–Kier alpha value is -2.49. The number of aromatic nitrogens is 4. The smallest absolute Gasteiger partial charge is 0.313 e. The van der Waals surface area contributed by atoms with Gasteiger partial charge in [0.25, 0.3) is 6.43 Å². The van der Waals surface area contributed by atoms with Gasteiger partial charge < -0.3 is 5.32 Å². The Balaban J connectivity index is 1.81. The molecule has 35 heavy (non-hydrogen) atoms. The lowest BCUT2D eigenvalue weighted by Crippen LogP contribution is -2.34. The van der Waals surface area contributed by atoms with Gasteiger partial charge in [-0.05, 0) is 44.4 Å². The van der Waals surface area contributed by atoms with Gasteiger partial charge in [0.1, 0.15) is 0 Å². The molecule has 0 atom stereocenters. The predicted octanol–water partition coefficient (Wildman–Crippen LogP) is 4.02. The molecular weight excluding hydrogens is 515 g/mol. The van der Waals surface area contributed by atoms with Gasteiger partial charge in [-0.15, -0.1) is 10.2 Å². The fourth-order valence-electron chi connectivity index (χ4n) is 3.88. The van der Waals surface area contributed by atoms with E-state index in [2.05, 4.69) is 25.2 Å². The Bertz CT molecular complexity index is 1440.